The van der Waals surface area contributed by atoms with Crippen molar-refractivity contribution < 1.29 is 27.4 Å². The van der Waals surface area contributed by atoms with Crippen LogP contribution in [-0.4, -0.2) is 52.3 Å². The zero-order chi connectivity index (χ0) is 22.2. The van der Waals surface area contributed by atoms with E-state index in [1.807, 2.05) is 13.8 Å². The van der Waals surface area contributed by atoms with Crippen LogP contribution >= 0.6 is 0 Å². The van der Waals surface area contributed by atoms with Crippen molar-refractivity contribution in [1.82, 2.24) is 9.62 Å². The number of rotatable bonds is 5. The maximum absolute atomic E-state index is 13.0. The average Bonchev–Trinajstić information content (AvgIpc) is 3.23. The summed E-state index contributed by atoms with van der Waals surface area (Å²) in [6.07, 6.45) is 1.06. The third kappa shape index (κ3) is 4.33. The summed E-state index contributed by atoms with van der Waals surface area (Å²) in [5.74, 6) is 1.42. The lowest BCUT2D eigenvalue weighted by Gasteiger charge is -2.32. The number of hydrogen-bond acceptors (Lipinski definition) is 6. The molecule has 2 aromatic rings. The first-order valence-corrected chi connectivity index (χ1v) is 11.6. The summed E-state index contributed by atoms with van der Waals surface area (Å²) >= 11 is 0. The summed E-state index contributed by atoms with van der Waals surface area (Å²) in [4.78, 5) is 14.7. The number of carbonyl (C=O) groups excluding carboxylic acids is 1. The molecule has 2 aliphatic heterocycles. The van der Waals surface area contributed by atoms with E-state index in [0.29, 0.717) is 48.7 Å². The fraction of sp³-hybridized carbons (Fsp3) is 0.409. The van der Waals surface area contributed by atoms with Crippen molar-refractivity contribution in [2.45, 2.75) is 37.6 Å². The van der Waals surface area contributed by atoms with Crippen LogP contribution in [0, 0.1) is 13.8 Å². The number of ether oxygens (including phenoxy) is 3. The third-order valence-corrected chi connectivity index (χ3v) is 7.33. The first kappa shape index (κ1) is 21.5. The van der Waals surface area contributed by atoms with Crippen molar-refractivity contribution in [3.05, 3.63) is 47.0 Å². The fourth-order valence-electron chi connectivity index (χ4n) is 3.83. The van der Waals surface area contributed by atoms with Gasteiger partial charge in [-0.15, -0.1) is 0 Å². The second-order valence-corrected chi connectivity index (χ2v) is 9.53. The topological polar surface area (TPSA) is 94.2 Å². The highest BCUT2D eigenvalue weighted by Gasteiger charge is 2.29. The molecule has 2 aliphatic rings. The van der Waals surface area contributed by atoms with Crippen molar-refractivity contribution >= 4 is 15.9 Å². The number of amides is 1. The lowest BCUT2D eigenvalue weighted by Crippen LogP contribution is -2.46. The molecule has 2 aromatic carbocycles. The first-order valence-electron chi connectivity index (χ1n) is 10.1. The quantitative estimate of drug-likeness (QED) is 0.759. The minimum Gasteiger partial charge on any atom is -0.495 e. The Kier molecular flexibility index (Phi) is 5.81. The first-order chi connectivity index (χ1) is 14.8. The van der Waals surface area contributed by atoms with Gasteiger partial charge in [-0.25, -0.2) is 13.1 Å². The Morgan fingerprint density at radius 1 is 1.06 bits per heavy atom. The van der Waals surface area contributed by atoms with E-state index in [2.05, 4.69) is 4.72 Å². The molecule has 8 nitrogen and oxygen atoms in total. The van der Waals surface area contributed by atoms with Crippen molar-refractivity contribution in [3.8, 4) is 17.2 Å². The van der Waals surface area contributed by atoms with Crippen molar-refractivity contribution in [2.75, 3.05) is 27.0 Å². The van der Waals surface area contributed by atoms with Gasteiger partial charge < -0.3 is 19.1 Å². The fourth-order valence-corrected chi connectivity index (χ4v) is 5.37. The molecule has 0 spiro atoms. The molecule has 31 heavy (non-hydrogen) atoms. The van der Waals surface area contributed by atoms with E-state index >= 15 is 0 Å². The molecule has 0 aromatic heterocycles. The van der Waals surface area contributed by atoms with E-state index in [1.54, 1.807) is 35.2 Å². The van der Waals surface area contributed by atoms with Gasteiger partial charge in [-0.2, -0.15) is 0 Å². The summed E-state index contributed by atoms with van der Waals surface area (Å²) in [6.45, 7) is 4.86. The summed E-state index contributed by atoms with van der Waals surface area (Å²) in [5, 5.41) is 0. The van der Waals surface area contributed by atoms with E-state index in [4.69, 9.17) is 14.2 Å². The molecule has 0 atom stereocenters. The summed E-state index contributed by atoms with van der Waals surface area (Å²) in [7, 11) is -2.29. The standard InChI is InChI=1S/C22H26N2O6S/c1-14-10-20(28-3)21(11-15(14)2)31(26,27)23-17-6-8-24(9-7-17)22(25)16-4-5-18-19(12-16)30-13-29-18/h4-5,10-12,17,23H,6-9,13H2,1-3H3. The van der Waals surface area contributed by atoms with Crippen molar-refractivity contribution in [3.63, 3.8) is 0 Å². The second kappa shape index (κ2) is 8.39. The van der Waals surface area contributed by atoms with Crippen molar-refractivity contribution in [1.29, 1.82) is 0 Å². The van der Waals surface area contributed by atoms with Crippen LogP contribution in [0.2, 0.25) is 0 Å². The maximum atomic E-state index is 13.0. The maximum Gasteiger partial charge on any atom is 0.253 e. The zero-order valence-electron chi connectivity index (χ0n) is 17.8. The Balaban J connectivity index is 1.41. The van der Waals surface area contributed by atoms with Crippen LogP contribution in [0.3, 0.4) is 0 Å². The monoisotopic (exact) mass is 446 g/mol. The molecule has 9 heteroatoms. The number of piperidine rings is 1. The van der Waals surface area contributed by atoms with Gasteiger partial charge in [0.2, 0.25) is 16.8 Å². The largest absolute Gasteiger partial charge is 0.495 e. The molecule has 1 N–H and O–H groups in total. The Bertz CT molecular complexity index is 1110. The van der Waals surface area contributed by atoms with Gasteiger partial charge in [0.25, 0.3) is 5.91 Å². The highest BCUT2D eigenvalue weighted by Crippen LogP contribution is 2.33. The summed E-state index contributed by atoms with van der Waals surface area (Å²) < 4.78 is 44.7. The number of benzene rings is 2. The molecule has 4 rings (SSSR count). The Hall–Kier alpha value is -2.78. The third-order valence-electron chi connectivity index (χ3n) is 5.79. The number of hydrogen-bond donors (Lipinski definition) is 1. The predicted octanol–water partition coefficient (Wildman–Crippen LogP) is 2.62. The molecule has 0 saturated carbocycles. The van der Waals surface area contributed by atoms with Crippen LogP contribution in [0.4, 0.5) is 0 Å². The Labute approximate surface area is 182 Å². The minimum absolute atomic E-state index is 0.101. The van der Waals surface area contributed by atoms with Gasteiger partial charge >= 0.3 is 0 Å². The number of nitrogens with one attached hydrogen (secondary N) is 1. The summed E-state index contributed by atoms with van der Waals surface area (Å²) in [6, 6.07) is 8.25. The zero-order valence-corrected chi connectivity index (χ0v) is 18.6. The lowest BCUT2D eigenvalue weighted by atomic mass is 10.0. The van der Waals surface area contributed by atoms with Gasteiger partial charge in [0.15, 0.2) is 11.5 Å². The molecule has 0 bridgehead atoms. The van der Waals surface area contributed by atoms with E-state index in [1.165, 1.54) is 7.11 Å². The molecule has 2 heterocycles. The number of nitrogens with zero attached hydrogens (tertiary/aromatic N) is 1. The van der Waals surface area contributed by atoms with Crippen LogP contribution in [0.1, 0.15) is 34.3 Å². The molecule has 0 unspecified atom stereocenters. The van der Waals surface area contributed by atoms with Gasteiger partial charge in [-0.1, -0.05) is 0 Å². The minimum atomic E-state index is -3.75. The normalized spacial score (nSPS) is 16.4. The number of sulfonamides is 1. The van der Waals surface area contributed by atoms with Crippen LogP contribution in [0.25, 0.3) is 0 Å². The molecule has 0 radical (unpaired) electrons. The van der Waals surface area contributed by atoms with Crippen LogP contribution < -0.4 is 18.9 Å². The van der Waals surface area contributed by atoms with Crippen LogP contribution in [-0.2, 0) is 10.0 Å². The van der Waals surface area contributed by atoms with E-state index in [0.717, 1.165) is 11.1 Å². The number of carbonyl (C=O) groups is 1. The molecule has 166 valence electrons. The van der Waals surface area contributed by atoms with Crippen LogP contribution in [0.15, 0.2) is 35.2 Å². The van der Waals surface area contributed by atoms with E-state index < -0.39 is 10.0 Å². The Morgan fingerprint density at radius 3 is 2.45 bits per heavy atom. The molecule has 1 saturated heterocycles. The number of likely N-dealkylation sites (tertiary alicyclic amines) is 1. The van der Waals surface area contributed by atoms with Gasteiger partial charge in [-0.05, 0) is 68.1 Å². The molecule has 0 aliphatic carbocycles. The highest BCUT2D eigenvalue weighted by molar-refractivity contribution is 7.89. The van der Waals surface area contributed by atoms with Gasteiger partial charge in [0.05, 0.1) is 7.11 Å². The van der Waals surface area contributed by atoms with Crippen molar-refractivity contribution in [2.24, 2.45) is 0 Å². The second-order valence-electron chi connectivity index (χ2n) is 7.84. The predicted molar refractivity (Wildman–Crippen MR) is 114 cm³/mol. The average molecular weight is 447 g/mol. The molecular weight excluding hydrogens is 420 g/mol. The Morgan fingerprint density at radius 2 is 1.74 bits per heavy atom. The van der Waals surface area contributed by atoms with Crippen LogP contribution in [0.5, 0.6) is 17.2 Å². The summed E-state index contributed by atoms with van der Waals surface area (Å²) in [5.41, 5.74) is 2.37. The number of fused-ring (bicyclic) bond motifs is 1. The SMILES string of the molecule is COc1cc(C)c(C)cc1S(=O)(=O)NC1CCN(C(=O)c2ccc3c(c2)OCO3)CC1. The van der Waals surface area contributed by atoms with Gasteiger partial charge in [-0.3, -0.25) is 4.79 Å². The number of methoxy groups -OCH3 is 1. The molecule has 1 fully saturated rings. The highest BCUT2D eigenvalue weighted by atomic mass is 32.2. The van der Waals surface area contributed by atoms with E-state index in [9.17, 15) is 13.2 Å². The molecular formula is C22H26N2O6S. The number of aryl methyl sites for hydroxylation is 2. The lowest BCUT2D eigenvalue weighted by molar-refractivity contribution is 0.0711. The molecule has 1 amide bonds. The van der Waals surface area contributed by atoms with E-state index in [-0.39, 0.29) is 23.6 Å². The van der Waals surface area contributed by atoms with Gasteiger partial charge in [0.1, 0.15) is 10.6 Å². The van der Waals surface area contributed by atoms with Gasteiger partial charge in [0, 0.05) is 24.7 Å². The smallest absolute Gasteiger partial charge is 0.253 e.